The molecule has 0 spiro atoms. The van der Waals surface area contributed by atoms with Crippen LogP contribution in [-0.2, 0) is 32.6 Å². The Hall–Kier alpha value is -3.86. The number of halogens is 2. The van der Waals surface area contributed by atoms with Gasteiger partial charge in [-0.25, -0.2) is 8.42 Å². The second kappa shape index (κ2) is 16.6. The summed E-state index contributed by atoms with van der Waals surface area (Å²) in [6.45, 7) is 1.99. The topological polar surface area (TPSA) is 96.0 Å². The normalized spacial score (nSPS) is 11.8. The van der Waals surface area contributed by atoms with E-state index in [9.17, 15) is 18.0 Å². The molecule has 0 aromatic heterocycles. The number of unbranched alkanes of at least 4 members (excludes halogenated alkanes) is 1. The highest BCUT2D eigenvalue weighted by Crippen LogP contribution is 2.32. The molecule has 0 saturated heterocycles. The van der Waals surface area contributed by atoms with Crippen LogP contribution in [0.25, 0.3) is 0 Å². The first-order valence-electron chi connectivity index (χ1n) is 14.9. The van der Waals surface area contributed by atoms with Crippen LogP contribution in [-0.4, -0.2) is 51.4 Å². The molecule has 8 nitrogen and oxygen atoms in total. The van der Waals surface area contributed by atoms with Crippen LogP contribution >= 0.6 is 27.5 Å². The smallest absolute Gasteiger partial charge is 0.264 e. The first-order chi connectivity index (χ1) is 22.1. The fourth-order valence-electron chi connectivity index (χ4n) is 4.91. The zero-order chi connectivity index (χ0) is 33.1. The van der Waals surface area contributed by atoms with E-state index in [-0.39, 0.29) is 34.5 Å². The largest absolute Gasteiger partial charge is 0.495 e. The Morgan fingerprint density at radius 3 is 2.17 bits per heavy atom. The molecule has 4 aromatic carbocycles. The summed E-state index contributed by atoms with van der Waals surface area (Å²) in [5.74, 6) is -0.508. The summed E-state index contributed by atoms with van der Waals surface area (Å²) in [7, 11) is -2.78. The number of hydrogen-bond acceptors (Lipinski definition) is 5. The second-order valence-corrected chi connectivity index (χ2v) is 13.8. The fourth-order valence-corrected chi connectivity index (χ4v) is 6.85. The van der Waals surface area contributed by atoms with Gasteiger partial charge in [-0.15, -0.1) is 0 Å². The maximum atomic E-state index is 14.5. The van der Waals surface area contributed by atoms with E-state index < -0.39 is 28.5 Å². The summed E-state index contributed by atoms with van der Waals surface area (Å²) in [4.78, 5) is 29.8. The summed E-state index contributed by atoms with van der Waals surface area (Å²) >= 11 is 9.89. The van der Waals surface area contributed by atoms with E-state index in [2.05, 4.69) is 21.2 Å². The Bertz CT molecular complexity index is 1710. The van der Waals surface area contributed by atoms with Gasteiger partial charge >= 0.3 is 0 Å². The van der Waals surface area contributed by atoms with Crippen molar-refractivity contribution in [2.45, 2.75) is 43.7 Å². The van der Waals surface area contributed by atoms with Crippen LogP contribution in [0.1, 0.15) is 30.9 Å². The number of amides is 2. The number of methoxy groups -OCH3 is 1. The monoisotopic (exact) mass is 725 g/mol. The van der Waals surface area contributed by atoms with Crippen molar-refractivity contribution in [3.05, 3.63) is 124 Å². The van der Waals surface area contributed by atoms with Crippen molar-refractivity contribution in [1.29, 1.82) is 0 Å². The lowest BCUT2D eigenvalue weighted by molar-refractivity contribution is -0.140. The quantitative estimate of drug-likeness (QED) is 0.135. The maximum Gasteiger partial charge on any atom is 0.264 e. The average Bonchev–Trinajstić information content (AvgIpc) is 3.06. The van der Waals surface area contributed by atoms with Gasteiger partial charge in [0.2, 0.25) is 11.8 Å². The third-order valence-electron chi connectivity index (χ3n) is 7.40. The van der Waals surface area contributed by atoms with Crippen molar-refractivity contribution in [1.82, 2.24) is 10.2 Å². The molecule has 1 N–H and O–H groups in total. The van der Waals surface area contributed by atoms with Crippen molar-refractivity contribution in [2.24, 2.45) is 0 Å². The van der Waals surface area contributed by atoms with Gasteiger partial charge in [0.15, 0.2) is 0 Å². The predicted molar refractivity (Wildman–Crippen MR) is 186 cm³/mol. The molecule has 2 amide bonds. The molecule has 1 unspecified atom stereocenters. The van der Waals surface area contributed by atoms with Gasteiger partial charge in [-0.1, -0.05) is 102 Å². The minimum absolute atomic E-state index is 0.00680. The van der Waals surface area contributed by atoms with Crippen LogP contribution in [0, 0.1) is 0 Å². The van der Waals surface area contributed by atoms with Crippen LogP contribution < -0.4 is 14.4 Å². The van der Waals surface area contributed by atoms with Crippen LogP contribution in [0.5, 0.6) is 5.75 Å². The van der Waals surface area contributed by atoms with Crippen molar-refractivity contribution >= 4 is 55.1 Å². The van der Waals surface area contributed by atoms with Gasteiger partial charge in [-0.2, -0.15) is 0 Å². The minimum atomic E-state index is -4.24. The van der Waals surface area contributed by atoms with Crippen LogP contribution in [0.2, 0.25) is 5.02 Å². The number of ether oxygens (including phenoxy) is 1. The van der Waals surface area contributed by atoms with Gasteiger partial charge in [0, 0.05) is 24.0 Å². The number of hydrogen-bond donors (Lipinski definition) is 1. The first kappa shape index (κ1) is 35.0. The maximum absolute atomic E-state index is 14.5. The Balaban J connectivity index is 1.80. The summed E-state index contributed by atoms with van der Waals surface area (Å²) in [5.41, 5.74) is 1.82. The summed E-state index contributed by atoms with van der Waals surface area (Å²) in [6, 6.07) is 28.4. The third-order valence-corrected chi connectivity index (χ3v) is 10.0. The number of rotatable bonds is 15. The Morgan fingerprint density at radius 2 is 1.57 bits per heavy atom. The molecule has 11 heteroatoms. The van der Waals surface area contributed by atoms with Crippen molar-refractivity contribution in [2.75, 3.05) is 24.5 Å². The summed E-state index contributed by atoms with van der Waals surface area (Å²) in [6.07, 6.45) is 1.91. The molecule has 0 saturated carbocycles. The molecule has 0 aliphatic carbocycles. The highest BCUT2D eigenvalue weighted by Gasteiger charge is 2.34. The first-order valence-corrected chi connectivity index (χ1v) is 17.5. The number of nitrogens with zero attached hydrogens (tertiary/aromatic N) is 2. The number of anilines is 1. The molecular formula is C35H37BrClN3O5S. The van der Waals surface area contributed by atoms with E-state index >= 15 is 0 Å². The Labute approximate surface area is 284 Å². The highest BCUT2D eigenvalue weighted by molar-refractivity contribution is 9.10. The molecule has 4 aromatic rings. The zero-order valence-electron chi connectivity index (χ0n) is 25.7. The molecule has 242 valence electrons. The second-order valence-electron chi connectivity index (χ2n) is 10.6. The van der Waals surface area contributed by atoms with Gasteiger partial charge in [0.25, 0.3) is 10.0 Å². The van der Waals surface area contributed by atoms with E-state index in [1.54, 1.807) is 24.3 Å². The van der Waals surface area contributed by atoms with E-state index in [4.69, 9.17) is 16.3 Å². The van der Waals surface area contributed by atoms with Crippen molar-refractivity contribution in [3.8, 4) is 5.75 Å². The molecule has 0 aliphatic heterocycles. The van der Waals surface area contributed by atoms with E-state index in [1.807, 2.05) is 61.5 Å². The lowest BCUT2D eigenvalue weighted by Crippen LogP contribution is -2.53. The lowest BCUT2D eigenvalue weighted by atomic mass is 10.0. The van der Waals surface area contributed by atoms with Gasteiger partial charge in [0.05, 0.1) is 22.7 Å². The number of benzene rings is 4. The van der Waals surface area contributed by atoms with E-state index in [0.29, 0.717) is 12.3 Å². The zero-order valence-corrected chi connectivity index (χ0v) is 28.9. The molecule has 0 heterocycles. The lowest BCUT2D eigenvalue weighted by Gasteiger charge is -2.34. The molecule has 4 rings (SSSR count). The molecule has 0 aliphatic rings. The Kier molecular flexibility index (Phi) is 12.7. The summed E-state index contributed by atoms with van der Waals surface area (Å²) < 4.78 is 35.4. The SMILES string of the molecule is CCCCNC(=O)C(Cc1ccccc1)N(Cc1ccc(Br)cc1)C(=O)CN(c1ccc(OC)c(Cl)c1)S(=O)(=O)c1ccccc1. The molecule has 0 fully saturated rings. The minimum Gasteiger partial charge on any atom is -0.495 e. The van der Waals surface area contributed by atoms with Crippen LogP contribution in [0.3, 0.4) is 0 Å². The number of carbonyl (C=O) groups excluding carboxylic acids is 2. The standard InChI is InChI=1S/C35H37BrClN3O5S/c1-3-4-21-38-35(42)32(22-26-11-7-5-8-12-26)39(24-27-15-17-28(36)18-16-27)34(41)25-40(29-19-20-33(45-2)31(37)23-29)46(43,44)30-13-9-6-10-14-30/h5-20,23,32H,3-4,21-22,24-25H2,1-2H3,(H,38,42). The van der Waals surface area contributed by atoms with Crippen LogP contribution in [0.4, 0.5) is 5.69 Å². The van der Waals surface area contributed by atoms with E-state index in [1.165, 1.54) is 36.3 Å². The summed E-state index contributed by atoms with van der Waals surface area (Å²) in [5, 5.41) is 3.18. The Morgan fingerprint density at radius 1 is 0.913 bits per heavy atom. The van der Waals surface area contributed by atoms with E-state index in [0.717, 1.165) is 32.7 Å². The van der Waals surface area contributed by atoms with Crippen molar-refractivity contribution in [3.63, 3.8) is 0 Å². The number of sulfonamides is 1. The van der Waals surface area contributed by atoms with Gasteiger partial charge in [-0.05, 0) is 60.0 Å². The molecule has 1 atom stereocenters. The van der Waals surface area contributed by atoms with Gasteiger partial charge in [0.1, 0.15) is 18.3 Å². The number of nitrogens with one attached hydrogen (secondary N) is 1. The average molecular weight is 727 g/mol. The van der Waals surface area contributed by atoms with Crippen molar-refractivity contribution < 1.29 is 22.7 Å². The van der Waals surface area contributed by atoms with Gasteiger partial charge in [-0.3, -0.25) is 13.9 Å². The fraction of sp³-hybridized carbons (Fsp3) is 0.257. The van der Waals surface area contributed by atoms with Gasteiger partial charge < -0.3 is 15.0 Å². The molecule has 0 bridgehead atoms. The molecular weight excluding hydrogens is 690 g/mol. The predicted octanol–water partition coefficient (Wildman–Crippen LogP) is 6.86. The third kappa shape index (κ3) is 9.11. The highest BCUT2D eigenvalue weighted by atomic mass is 79.9. The molecule has 46 heavy (non-hydrogen) atoms. The van der Waals surface area contributed by atoms with Crippen LogP contribution in [0.15, 0.2) is 112 Å². The number of carbonyl (C=O) groups is 2. The molecule has 0 radical (unpaired) electrons.